The topological polar surface area (TPSA) is 48.5 Å². The average Bonchev–Trinajstić information content (AvgIpc) is 2.51. The summed E-state index contributed by atoms with van der Waals surface area (Å²) in [6.07, 6.45) is 4.81. The van der Waals surface area contributed by atoms with Crippen molar-refractivity contribution in [2.24, 2.45) is 0 Å². The minimum absolute atomic E-state index is 0.0460. The lowest BCUT2D eigenvalue weighted by atomic mass is 10.2. The Morgan fingerprint density at radius 2 is 1.82 bits per heavy atom. The number of amides is 1. The van der Waals surface area contributed by atoms with Crippen LogP contribution < -0.4 is 10.2 Å². The number of nitrogens with one attached hydrogen (secondary N) is 1. The molecule has 0 aliphatic carbocycles. The van der Waals surface area contributed by atoms with Crippen molar-refractivity contribution in [3.63, 3.8) is 0 Å². The number of rotatable bonds is 10. The summed E-state index contributed by atoms with van der Waals surface area (Å²) in [5.41, 5.74) is 0.626. The Balaban J connectivity index is 2.53. The largest absolute Gasteiger partial charge is 0.357 e. The Kier molecular flexibility index (Phi) is 8.51. The van der Waals surface area contributed by atoms with Gasteiger partial charge in [-0.3, -0.25) is 4.79 Å². The molecule has 5 heteroatoms. The van der Waals surface area contributed by atoms with Gasteiger partial charge in [0.05, 0.1) is 5.56 Å². The molecular weight excluding hydrogens is 276 g/mol. The molecule has 22 heavy (non-hydrogen) atoms. The first kappa shape index (κ1) is 18.4. The molecule has 1 amide bonds. The molecule has 0 radical (unpaired) electrons. The van der Waals surface area contributed by atoms with Crippen LogP contribution in [0.1, 0.15) is 43.5 Å². The second-order valence-electron chi connectivity index (χ2n) is 5.80. The standard InChI is InChI=1S/C17H30N4O/c1-5-11-21(12-6-2)16-9-8-15(14-19-16)17(22)18-10-7-13-20(3)4/h8-9,14H,5-7,10-13H2,1-4H3,(H,18,22). The summed E-state index contributed by atoms with van der Waals surface area (Å²) in [5, 5.41) is 2.93. The summed E-state index contributed by atoms with van der Waals surface area (Å²) < 4.78 is 0. The normalized spacial score (nSPS) is 10.8. The number of hydrogen-bond acceptors (Lipinski definition) is 4. The first-order valence-electron chi connectivity index (χ1n) is 8.22. The fourth-order valence-electron chi connectivity index (χ4n) is 2.29. The van der Waals surface area contributed by atoms with E-state index in [0.717, 1.165) is 44.7 Å². The van der Waals surface area contributed by atoms with Crippen LogP contribution >= 0.6 is 0 Å². The van der Waals surface area contributed by atoms with Crippen molar-refractivity contribution in [1.82, 2.24) is 15.2 Å². The second kappa shape index (κ2) is 10.2. The van der Waals surface area contributed by atoms with Crippen LogP contribution in [0.3, 0.4) is 0 Å². The quantitative estimate of drug-likeness (QED) is 0.674. The molecule has 124 valence electrons. The molecule has 0 saturated heterocycles. The smallest absolute Gasteiger partial charge is 0.252 e. The van der Waals surface area contributed by atoms with E-state index < -0.39 is 0 Å². The first-order chi connectivity index (χ1) is 10.6. The Morgan fingerprint density at radius 1 is 1.14 bits per heavy atom. The Labute approximate surface area is 134 Å². The molecule has 5 nitrogen and oxygen atoms in total. The molecule has 0 aliphatic heterocycles. The van der Waals surface area contributed by atoms with Gasteiger partial charge in [0, 0.05) is 25.8 Å². The van der Waals surface area contributed by atoms with Crippen LogP contribution in [0, 0.1) is 0 Å². The summed E-state index contributed by atoms with van der Waals surface area (Å²) in [7, 11) is 4.06. The van der Waals surface area contributed by atoms with Crippen molar-refractivity contribution in [3.8, 4) is 0 Å². The molecule has 0 saturated carbocycles. The number of carbonyl (C=O) groups excluding carboxylic acids is 1. The monoisotopic (exact) mass is 306 g/mol. The van der Waals surface area contributed by atoms with E-state index in [9.17, 15) is 4.79 Å². The van der Waals surface area contributed by atoms with E-state index in [1.54, 1.807) is 6.20 Å². The fourth-order valence-corrected chi connectivity index (χ4v) is 2.29. The number of aromatic nitrogens is 1. The predicted molar refractivity (Wildman–Crippen MR) is 92.5 cm³/mol. The highest BCUT2D eigenvalue weighted by Gasteiger charge is 2.09. The second-order valence-corrected chi connectivity index (χ2v) is 5.80. The third-order valence-electron chi connectivity index (χ3n) is 3.39. The summed E-state index contributed by atoms with van der Waals surface area (Å²) in [6.45, 7) is 7.99. The van der Waals surface area contributed by atoms with Crippen molar-refractivity contribution >= 4 is 11.7 Å². The van der Waals surface area contributed by atoms with Gasteiger partial charge in [0.2, 0.25) is 0 Å². The summed E-state index contributed by atoms with van der Waals surface area (Å²) in [6, 6.07) is 3.81. The molecule has 0 aliphatic rings. The predicted octanol–water partition coefficient (Wildman–Crippen LogP) is 2.39. The summed E-state index contributed by atoms with van der Waals surface area (Å²) in [4.78, 5) is 20.9. The third kappa shape index (κ3) is 6.43. The Hall–Kier alpha value is -1.62. The van der Waals surface area contributed by atoms with E-state index in [4.69, 9.17) is 0 Å². The molecule has 1 aromatic rings. The molecule has 0 aromatic carbocycles. The highest BCUT2D eigenvalue weighted by Crippen LogP contribution is 2.12. The Bertz CT molecular complexity index is 425. The van der Waals surface area contributed by atoms with E-state index in [0.29, 0.717) is 12.1 Å². The summed E-state index contributed by atoms with van der Waals surface area (Å²) >= 11 is 0. The molecule has 1 aromatic heterocycles. The molecule has 0 fully saturated rings. The van der Waals surface area contributed by atoms with Crippen LogP contribution in [0.2, 0.25) is 0 Å². The van der Waals surface area contributed by atoms with Crippen LogP contribution in [-0.4, -0.2) is 56.1 Å². The highest BCUT2D eigenvalue weighted by molar-refractivity contribution is 5.94. The van der Waals surface area contributed by atoms with Crippen molar-refractivity contribution in [2.75, 3.05) is 45.2 Å². The van der Waals surface area contributed by atoms with Gasteiger partial charge < -0.3 is 15.1 Å². The summed E-state index contributed by atoms with van der Waals surface area (Å²) in [5.74, 6) is 0.906. The number of hydrogen-bond donors (Lipinski definition) is 1. The van der Waals surface area contributed by atoms with E-state index >= 15 is 0 Å². The maximum absolute atomic E-state index is 12.0. The maximum atomic E-state index is 12.0. The van der Waals surface area contributed by atoms with Crippen LogP contribution in [0.5, 0.6) is 0 Å². The van der Waals surface area contributed by atoms with E-state index in [2.05, 4.69) is 33.9 Å². The van der Waals surface area contributed by atoms with Crippen molar-refractivity contribution in [3.05, 3.63) is 23.9 Å². The minimum Gasteiger partial charge on any atom is -0.357 e. The van der Waals surface area contributed by atoms with E-state index in [1.165, 1.54) is 0 Å². The zero-order valence-electron chi connectivity index (χ0n) is 14.4. The van der Waals surface area contributed by atoms with Crippen LogP contribution in [0.15, 0.2) is 18.3 Å². The van der Waals surface area contributed by atoms with Gasteiger partial charge >= 0.3 is 0 Å². The third-order valence-corrected chi connectivity index (χ3v) is 3.39. The fraction of sp³-hybridized carbons (Fsp3) is 0.647. The lowest BCUT2D eigenvalue weighted by molar-refractivity contribution is 0.0952. The SMILES string of the molecule is CCCN(CCC)c1ccc(C(=O)NCCCN(C)C)cn1. The lowest BCUT2D eigenvalue weighted by Crippen LogP contribution is -2.28. The van der Waals surface area contributed by atoms with Gasteiger partial charge in [-0.1, -0.05) is 13.8 Å². The molecule has 1 rings (SSSR count). The van der Waals surface area contributed by atoms with Gasteiger partial charge in [0.1, 0.15) is 5.82 Å². The van der Waals surface area contributed by atoms with E-state index in [-0.39, 0.29) is 5.91 Å². The molecule has 0 atom stereocenters. The highest BCUT2D eigenvalue weighted by atomic mass is 16.1. The molecular formula is C17H30N4O. The van der Waals surface area contributed by atoms with Gasteiger partial charge in [-0.25, -0.2) is 4.98 Å². The van der Waals surface area contributed by atoms with Crippen molar-refractivity contribution in [1.29, 1.82) is 0 Å². The first-order valence-corrected chi connectivity index (χ1v) is 8.22. The zero-order valence-corrected chi connectivity index (χ0v) is 14.4. The number of carbonyl (C=O) groups is 1. The number of pyridine rings is 1. The lowest BCUT2D eigenvalue weighted by Gasteiger charge is -2.22. The maximum Gasteiger partial charge on any atom is 0.252 e. The number of anilines is 1. The molecule has 1 N–H and O–H groups in total. The molecule has 0 spiro atoms. The molecule has 0 bridgehead atoms. The minimum atomic E-state index is -0.0460. The van der Waals surface area contributed by atoms with Crippen LogP contribution in [-0.2, 0) is 0 Å². The molecule has 1 heterocycles. The van der Waals surface area contributed by atoms with Crippen molar-refractivity contribution in [2.45, 2.75) is 33.1 Å². The Morgan fingerprint density at radius 3 is 2.32 bits per heavy atom. The van der Waals surface area contributed by atoms with E-state index in [1.807, 2.05) is 26.2 Å². The van der Waals surface area contributed by atoms with Crippen molar-refractivity contribution < 1.29 is 4.79 Å². The van der Waals surface area contributed by atoms with Gasteiger partial charge in [-0.2, -0.15) is 0 Å². The van der Waals surface area contributed by atoms with Gasteiger partial charge in [-0.15, -0.1) is 0 Å². The van der Waals surface area contributed by atoms with Crippen LogP contribution in [0.25, 0.3) is 0 Å². The number of nitrogens with zero attached hydrogens (tertiary/aromatic N) is 3. The van der Waals surface area contributed by atoms with Gasteiger partial charge in [0.15, 0.2) is 0 Å². The molecule has 0 unspecified atom stereocenters. The van der Waals surface area contributed by atoms with Crippen LogP contribution in [0.4, 0.5) is 5.82 Å². The average molecular weight is 306 g/mol. The zero-order chi connectivity index (χ0) is 16.4. The van der Waals surface area contributed by atoms with Gasteiger partial charge in [0.25, 0.3) is 5.91 Å². The van der Waals surface area contributed by atoms with Gasteiger partial charge in [-0.05, 0) is 52.0 Å².